The molecule has 4 nitrogen and oxygen atoms in total. The van der Waals surface area contributed by atoms with Crippen molar-refractivity contribution in [1.29, 1.82) is 0 Å². The Kier molecular flexibility index (Phi) is 3.31. The molecule has 0 spiro atoms. The SMILES string of the molecule is O=Nc1ccc(-c2cc[nH][n+]2-c2ccc(Cl)cc2)cc1. The van der Waals surface area contributed by atoms with Gasteiger partial charge in [0, 0.05) is 28.8 Å². The average Bonchev–Trinajstić information content (AvgIpc) is 2.97. The van der Waals surface area contributed by atoms with Crippen molar-refractivity contribution in [1.82, 2.24) is 5.10 Å². The number of hydrogen-bond acceptors (Lipinski definition) is 2. The van der Waals surface area contributed by atoms with Gasteiger partial charge in [0.1, 0.15) is 5.69 Å². The topological polar surface area (TPSA) is 49.1 Å². The summed E-state index contributed by atoms with van der Waals surface area (Å²) < 4.78 is 1.94. The van der Waals surface area contributed by atoms with Crippen molar-refractivity contribution in [3.05, 3.63) is 70.7 Å². The fourth-order valence-electron chi connectivity index (χ4n) is 2.06. The molecule has 0 saturated heterocycles. The molecule has 0 saturated carbocycles. The highest BCUT2D eigenvalue weighted by Gasteiger charge is 2.17. The first-order valence-electron chi connectivity index (χ1n) is 6.07. The number of H-pyrrole nitrogens is 1. The maximum absolute atomic E-state index is 10.5. The quantitative estimate of drug-likeness (QED) is 0.573. The first-order chi connectivity index (χ1) is 9.78. The zero-order valence-corrected chi connectivity index (χ0v) is 11.2. The Morgan fingerprint density at radius 1 is 0.950 bits per heavy atom. The van der Waals surface area contributed by atoms with E-state index in [0.717, 1.165) is 16.9 Å². The highest BCUT2D eigenvalue weighted by Crippen LogP contribution is 2.21. The van der Waals surface area contributed by atoms with E-state index < -0.39 is 0 Å². The molecule has 1 N–H and O–H groups in total. The molecule has 20 heavy (non-hydrogen) atoms. The summed E-state index contributed by atoms with van der Waals surface area (Å²) in [5.41, 5.74) is 3.38. The van der Waals surface area contributed by atoms with E-state index >= 15 is 0 Å². The number of benzene rings is 2. The maximum atomic E-state index is 10.5. The third-order valence-corrected chi connectivity index (χ3v) is 3.29. The number of rotatable bonds is 3. The standard InChI is InChI=1S/C15H10ClN3O/c16-12-3-7-14(8-4-12)19-15(9-10-17-19)11-1-5-13(18-20)6-2-11/h1-10H/p+1. The number of nitrogens with one attached hydrogen (secondary N) is 1. The molecule has 0 atom stereocenters. The van der Waals surface area contributed by atoms with Crippen LogP contribution in [0.5, 0.6) is 0 Å². The second kappa shape index (κ2) is 5.27. The molecule has 0 aliphatic carbocycles. The average molecular weight is 285 g/mol. The molecule has 1 aromatic heterocycles. The molecule has 3 rings (SSSR count). The molecule has 0 amide bonds. The number of aromatic nitrogens is 2. The van der Waals surface area contributed by atoms with Gasteiger partial charge in [-0.15, -0.1) is 4.91 Å². The lowest BCUT2D eigenvalue weighted by atomic mass is 10.1. The van der Waals surface area contributed by atoms with Crippen molar-refractivity contribution >= 4 is 17.3 Å². The van der Waals surface area contributed by atoms with Crippen molar-refractivity contribution in [3.63, 3.8) is 0 Å². The monoisotopic (exact) mass is 284 g/mol. The summed E-state index contributed by atoms with van der Waals surface area (Å²) >= 11 is 5.90. The highest BCUT2D eigenvalue weighted by atomic mass is 35.5. The van der Waals surface area contributed by atoms with Gasteiger partial charge in [0.05, 0.1) is 6.20 Å². The van der Waals surface area contributed by atoms with Crippen LogP contribution in [0.15, 0.2) is 66.0 Å². The lowest BCUT2D eigenvalue weighted by Gasteiger charge is -1.98. The molecule has 1 heterocycles. The van der Waals surface area contributed by atoms with Crippen molar-refractivity contribution < 1.29 is 4.68 Å². The summed E-state index contributed by atoms with van der Waals surface area (Å²) in [7, 11) is 0. The van der Waals surface area contributed by atoms with Crippen LogP contribution in [-0.2, 0) is 0 Å². The first-order valence-corrected chi connectivity index (χ1v) is 6.45. The van der Waals surface area contributed by atoms with Gasteiger partial charge in [-0.2, -0.15) is 5.10 Å². The Labute approximate surface area is 120 Å². The zero-order valence-electron chi connectivity index (χ0n) is 10.5. The molecule has 0 fully saturated rings. The molecule has 0 bridgehead atoms. The van der Waals surface area contributed by atoms with E-state index in [2.05, 4.69) is 10.3 Å². The normalized spacial score (nSPS) is 10.4. The van der Waals surface area contributed by atoms with E-state index in [4.69, 9.17) is 11.6 Å². The van der Waals surface area contributed by atoms with Gasteiger partial charge >= 0.3 is 0 Å². The van der Waals surface area contributed by atoms with Crippen LogP contribution in [0.1, 0.15) is 0 Å². The largest absolute Gasteiger partial charge is 0.245 e. The Morgan fingerprint density at radius 3 is 2.30 bits per heavy atom. The summed E-state index contributed by atoms with van der Waals surface area (Å²) in [5.74, 6) is 0. The van der Waals surface area contributed by atoms with E-state index in [9.17, 15) is 4.91 Å². The number of aromatic amines is 1. The van der Waals surface area contributed by atoms with E-state index in [-0.39, 0.29) is 0 Å². The molecule has 3 aromatic rings. The van der Waals surface area contributed by atoms with Gasteiger partial charge < -0.3 is 0 Å². The molecule has 0 unspecified atom stereocenters. The van der Waals surface area contributed by atoms with Gasteiger partial charge in [0.15, 0.2) is 0 Å². The number of halogens is 1. The predicted molar refractivity (Wildman–Crippen MR) is 78.2 cm³/mol. The third-order valence-electron chi connectivity index (χ3n) is 3.04. The molecular weight excluding hydrogens is 274 g/mol. The lowest BCUT2D eigenvalue weighted by Crippen LogP contribution is -2.34. The molecule has 98 valence electrons. The number of nitroso groups, excluding NO2 is 1. The van der Waals surface area contributed by atoms with Gasteiger partial charge in [-0.25, -0.2) is 0 Å². The summed E-state index contributed by atoms with van der Waals surface area (Å²) in [4.78, 5) is 10.5. The van der Waals surface area contributed by atoms with Gasteiger partial charge in [-0.1, -0.05) is 16.3 Å². The Morgan fingerprint density at radius 2 is 1.65 bits per heavy atom. The predicted octanol–water partition coefficient (Wildman–Crippen LogP) is 4.01. The van der Waals surface area contributed by atoms with Crippen LogP contribution in [0.2, 0.25) is 5.02 Å². The fourth-order valence-corrected chi connectivity index (χ4v) is 2.18. The van der Waals surface area contributed by atoms with Crippen molar-refractivity contribution in [2.75, 3.05) is 0 Å². The fraction of sp³-hybridized carbons (Fsp3) is 0. The van der Waals surface area contributed by atoms with Crippen molar-refractivity contribution in [2.24, 2.45) is 5.18 Å². The maximum Gasteiger partial charge on any atom is 0.245 e. The molecule has 2 aromatic carbocycles. The second-order valence-corrected chi connectivity index (χ2v) is 4.73. The van der Waals surface area contributed by atoms with Gasteiger partial charge in [0.25, 0.3) is 0 Å². The van der Waals surface area contributed by atoms with Crippen LogP contribution in [0.4, 0.5) is 5.69 Å². The van der Waals surface area contributed by atoms with Gasteiger partial charge in [-0.05, 0) is 41.6 Å². The zero-order chi connectivity index (χ0) is 13.9. The highest BCUT2D eigenvalue weighted by molar-refractivity contribution is 6.30. The van der Waals surface area contributed by atoms with E-state index in [1.54, 1.807) is 12.1 Å². The summed E-state index contributed by atoms with van der Waals surface area (Å²) in [5, 5.41) is 6.76. The van der Waals surface area contributed by atoms with Crippen LogP contribution in [0.3, 0.4) is 0 Å². The van der Waals surface area contributed by atoms with Gasteiger partial charge in [-0.3, -0.25) is 0 Å². The van der Waals surface area contributed by atoms with Crippen LogP contribution in [0, 0.1) is 4.91 Å². The van der Waals surface area contributed by atoms with Crippen LogP contribution in [0.25, 0.3) is 16.9 Å². The third kappa shape index (κ3) is 2.33. The van der Waals surface area contributed by atoms with Crippen LogP contribution >= 0.6 is 11.6 Å². The van der Waals surface area contributed by atoms with Gasteiger partial charge in [0.2, 0.25) is 11.4 Å². The summed E-state index contributed by atoms with van der Waals surface area (Å²) in [6.07, 6.45) is 1.86. The van der Waals surface area contributed by atoms with Crippen LogP contribution in [-0.4, -0.2) is 5.10 Å². The van der Waals surface area contributed by atoms with Crippen molar-refractivity contribution in [2.45, 2.75) is 0 Å². The van der Waals surface area contributed by atoms with Crippen molar-refractivity contribution in [3.8, 4) is 16.9 Å². The minimum absolute atomic E-state index is 0.419. The van der Waals surface area contributed by atoms with E-state index in [0.29, 0.717) is 10.7 Å². The molecule has 5 heteroatoms. The minimum Gasteiger partial charge on any atom is -0.167 e. The summed E-state index contributed by atoms with van der Waals surface area (Å²) in [6, 6.07) is 16.6. The number of nitrogens with zero attached hydrogens (tertiary/aromatic N) is 2. The molecule has 0 radical (unpaired) electrons. The molecule has 0 aliphatic heterocycles. The van der Waals surface area contributed by atoms with E-state index in [1.807, 2.05) is 53.3 Å². The minimum atomic E-state index is 0.419. The second-order valence-electron chi connectivity index (χ2n) is 4.30. The smallest absolute Gasteiger partial charge is 0.167 e. The number of hydrogen-bond donors (Lipinski definition) is 1. The Bertz CT molecular complexity index is 733. The Balaban J connectivity index is 2.04. The van der Waals surface area contributed by atoms with Crippen LogP contribution < -0.4 is 4.68 Å². The van der Waals surface area contributed by atoms with E-state index in [1.165, 1.54) is 0 Å². The Hall–Kier alpha value is -2.46. The first kappa shape index (κ1) is 12.6. The lowest BCUT2D eigenvalue weighted by molar-refractivity contribution is -0.644. The summed E-state index contributed by atoms with van der Waals surface area (Å²) in [6.45, 7) is 0. The molecular formula is C15H11ClN3O+. The molecule has 0 aliphatic rings.